The molecule has 2 amide bonds. The highest BCUT2D eigenvalue weighted by molar-refractivity contribution is 6.18. The molecule has 0 aromatic carbocycles. The SMILES string of the molecule is O=C1CC2(CCCC2)CC(=O)N1C/C=C\CCl. The van der Waals surface area contributed by atoms with Crippen LogP contribution in [0, 0.1) is 5.41 Å². The van der Waals surface area contributed by atoms with Gasteiger partial charge in [0.1, 0.15) is 0 Å². The minimum Gasteiger partial charge on any atom is -0.279 e. The van der Waals surface area contributed by atoms with Crippen LogP contribution >= 0.6 is 11.6 Å². The lowest BCUT2D eigenvalue weighted by atomic mass is 9.76. The third-order valence-corrected chi connectivity index (χ3v) is 4.04. The molecule has 1 aliphatic heterocycles. The second kappa shape index (κ2) is 5.21. The summed E-state index contributed by atoms with van der Waals surface area (Å²) in [5.74, 6) is 0.393. The lowest BCUT2D eigenvalue weighted by Crippen LogP contribution is -2.47. The van der Waals surface area contributed by atoms with Crippen LogP contribution < -0.4 is 0 Å². The van der Waals surface area contributed by atoms with Gasteiger partial charge in [0, 0.05) is 25.3 Å². The Morgan fingerprint density at radius 3 is 2.24 bits per heavy atom. The Kier molecular flexibility index (Phi) is 3.87. The van der Waals surface area contributed by atoms with E-state index in [1.54, 1.807) is 12.2 Å². The Morgan fingerprint density at radius 1 is 1.12 bits per heavy atom. The molecule has 1 saturated heterocycles. The molecular formula is C13H18ClNO2. The monoisotopic (exact) mass is 255 g/mol. The van der Waals surface area contributed by atoms with E-state index in [1.165, 1.54) is 4.90 Å². The van der Waals surface area contributed by atoms with Crippen LogP contribution in [-0.4, -0.2) is 29.1 Å². The maximum atomic E-state index is 12.0. The number of hydrogen-bond acceptors (Lipinski definition) is 2. The number of alkyl halides is 1. The first-order valence-corrected chi connectivity index (χ1v) is 6.74. The Labute approximate surface area is 107 Å². The standard InChI is InChI=1S/C13H18ClNO2/c14-7-3-4-8-15-11(16)9-13(10-12(15)17)5-1-2-6-13/h3-4H,1-2,5-10H2/b4-3-. The minimum atomic E-state index is -0.0117. The van der Waals surface area contributed by atoms with E-state index in [0.717, 1.165) is 25.7 Å². The lowest BCUT2D eigenvalue weighted by molar-refractivity contribution is -0.152. The zero-order valence-electron chi connectivity index (χ0n) is 9.95. The van der Waals surface area contributed by atoms with Gasteiger partial charge in [-0.05, 0) is 18.3 Å². The number of hydrogen-bond donors (Lipinski definition) is 0. The van der Waals surface area contributed by atoms with Crippen LogP contribution in [0.3, 0.4) is 0 Å². The number of rotatable bonds is 3. The summed E-state index contributed by atoms with van der Waals surface area (Å²) in [5, 5.41) is 0. The molecule has 1 aliphatic carbocycles. The molecule has 3 nitrogen and oxygen atoms in total. The van der Waals surface area contributed by atoms with Gasteiger partial charge in [-0.1, -0.05) is 25.0 Å². The van der Waals surface area contributed by atoms with Crippen molar-refractivity contribution in [2.45, 2.75) is 38.5 Å². The highest BCUT2D eigenvalue weighted by atomic mass is 35.5. The first kappa shape index (κ1) is 12.6. The van der Waals surface area contributed by atoms with E-state index in [1.807, 2.05) is 0 Å². The average Bonchev–Trinajstić information content (AvgIpc) is 2.70. The predicted molar refractivity (Wildman–Crippen MR) is 66.7 cm³/mol. The fourth-order valence-electron chi connectivity index (χ4n) is 2.96. The molecule has 1 heterocycles. The first-order chi connectivity index (χ1) is 8.17. The fourth-order valence-corrected chi connectivity index (χ4v) is 3.09. The van der Waals surface area contributed by atoms with Gasteiger partial charge in [0.05, 0.1) is 0 Å². The number of amides is 2. The predicted octanol–water partition coefficient (Wildman–Crippen LogP) is 2.49. The van der Waals surface area contributed by atoms with Gasteiger partial charge in [0.25, 0.3) is 0 Å². The Morgan fingerprint density at radius 2 is 1.71 bits per heavy atom. The first-order valence-electron chi connectivity index (χ1n) is 6.21. The van der Waals surface area contributed by atoms with Crippen molar-refractivity contribution in [1.29, 1.82) is 0 Å². The van der Waals surface area contributed by atoms with Gasteiger partial charge in [0.2, 0.25) is 11.8 Å². The van der Waals surface area contributed by atoms with Gasteiger partial charge in [-0.2, -0.15) is 0 Å². The van der Waals surface area contributed by atoms with Crippen molar-refractivity contribution >= 4 is 23.4 Å². The lowest BCUT2D eigenvalue weighted by Gasteiger charge is -2.36. The van der Waals surface area contributed by atoms with Gasteiger partial charge in [0.15, 0.2) is 0 Å². The van der Waals surface area contributed by atoms with Crippen LogP contribution in [0.1, 0.15) is 38.5 Å². The van der Waals surface area contributed by atoms with Gasteiger partial charge in [-0.3, -0.25) is 14.5 Å². The molecule has 2 fully saturated rings. The third-order valence-electron chi connectivity index (χ3n) is 3.86. The third kappa shape index (κ3) is 2.71. The maximum Gasteiger partial charge on any atom is 0.230 e. The van der Waals surface area contributed by atoms with Crippen molar-refractivity contribution < 1.29 is 9.59 Å². The summed E-state index contributed by atoms with van der Waals surface area (Å²) >= 11 is 5.52. The average molecular weight is 256 g/mol. The molecule has 0 aromatic rings. The van der Waals surface area contributed by atoms with E-state index in [-0.39, 0.29) is 17.2 Å². The fraction of sp³-hybridized carbons (Fsp3) is 0.692. The highest BCUT2D eigenvalue weighted by Crippen LogP contribution is 2.46. The Bertz CT molecular complexity index is 325. The van der Waals surface area contributed by atoms with Crippen molar-refractivity contribution in [3.8, 4) is 0 Å². The number of nitrogens with zero attached hydrogens (tertiary/aromatic N) is 1. The molecule has 17 heavy (non-hydrogen) atoms. The number of halogens is 1. The van der Waals surface area contributed by atoms with Gasteiger partial charge < -0.3 is 0 Å². The van der Waals surface area contributed by atoms with Crippen molar-refractivity contribution in [2.75, 3.05) is 12.4 Å². The van der Waals surface area contributed by atoms with E-state index in [2.05, 4.69) is 0 Å². The van der Waals surface area contributed by atoms with Gasteiger partial charge >= 0.3 is 0 Å². The number of likely N-dealkylation sites (tertiary alicyclic amines) is 1. The summed E-state index contributed by atoms with van der Waals surface area (Å²) in [6, 6.07) is 0. The molecular weight excluding hydrogens is 238 g/mol. The summed E-state index contributed by atoms with van der Waals surface area (Å²) < 4.78 is 0. The summed E-state index contributed by atoms with van der Waals surface area (Å²) in [6.07, 6.45) is 9.05. The van der Waals surface area contributed by atoms with Crippen LogP contribution in [0.5, 0.6) is 0 Å². The van der Waals surface area contributed by atoms with Gasteiger partial charge in [-0.15, -0.1) is 11.6 Å². The van der Waals surface area contributed by atoms with Crippen molar-refractivity contribution in [2.24, 2.45) is 5.41 Å². The Hall–Kier alpha value is -0.830. The van der Waals surface area contributed by atoms with Crippen molar-refractivity contribution in [3.05, 3.63) is 12.2 Å². The summed E-state index contributed by atoms with van der Waals surface area (Å²) in [6.45, 7) is 0.375. The number of piperidine rings is 1. The number of carbonyl (C=O) groups is 2. The molecule has 2 rings (SSSR count). The van der Waals surface area contributed by atoms with E-state index < -0.39 is 0 Å². The second-order valence-electron chi connectivity index (χ2n) is 5.08. The van der Waals surface area contributed by atoms with Crippen LogP contribution in [-0.2, 0) is 9.59 Å². The maximum absolute atomic E-state index is 12.0. The Balaban J connectivity index is 2.01. The zero-order valence-corrected chi connectivity index (χ0v) is 10.7. The molecule has 1 saturated carbocycles. The second-order valence-corrected chi connectivity index (χ2v) is 5.39. The van der Waals surface area contributed by atoms with Crippen LogP contribution in [0.4, 0.5) is 0 Å². The molecule has 0 atom stereocenters. The number of allylic oxidation sites excluding steroid dienone is 1. The largest absolute Gasteiger partial charge is 0.279 e. The van der Waals surface area contributed by atoms with Crippen LogP contribution in [0.2, 0.25) is 0 Å². The molecule has 1 spiro atoms. The normalized spacial score (nSPS) is 24.2. The van der Waals surface area contributed by atoms with Crippen molar-refractivity contribution in [1.82, 2.24) is 4.90 Å². The van der Waals surface area contributed by atoms with E-state index >= 15 is 0 Å². The topological polar surface area (TPSA) is 37.4 Å². The molecule has 94 valence electrons. The van der Waals surface area contributed by atoms with Crippen LogP contribution in [0.25, 0.3) is 0 Å². The summed E-state index contributed by atoms with van der Waals surface area (Å²) in [7, 11) is 0. The molecule has 0 N–H and O–H groups in total. The quantitative estimate of drug-likeness (QED) is 0.441. The number of carbonyl (C=O) groups excluding carboxylic acids is 2. The van der Waals surface area contributed by atoms with Crippen molar-refractivity contribution in [3.63, 3.8) is 0 Å². The van der Waals surface area contributed by atoms with E-state index in [4.69, 9.17) is 11.6 Å². The van der Waals surface area contributed by atoms with Crippen LogP contribution in [0.15, 0.2) is 12.2 Å². The smallest absolute Gasteiger partial charge is 0.230 e. The summed E-state index contributed by atoms with van der Waals surface area (Å²) in [4.78, 5) is 25.4. The molecule has 0 unspecified atom stereocenters. The highest BCUT2D eigenvalue weighted by Gasteiger charge is 2.44. The molecule has 0 bridgehead atoms. The molecule has 0 aromatic heterocycles. The van der Waals surface area contributed by atoms with Gasteiger partial charge in [-0.25, -0.2) is 0 Å². The minimum absolute atomic E-state index is 0.000859. The summed E-state index contributed by atoms with van der Waals surface area (Å²) in [5.41, 5.74) is 0.000859. The molecule has 2 aliphatic rings. The van der Waals surface area contributed by atoms with E-state index in [0.29, 0.717) is 25.3 Å². The molecule has 0 radical (unpaired) electrons. The van der Waals surface area contributed by atoms with E-state index in [9.17, 15) is 9.59 Å². The number of imide groups is 1. The zero-order chi connectivity index (χ0) is 12.3. The molecule has 4 heteroatoms.